The van der Waals surface area contributed by atoms with Crippen molar-refractivity contribution in [2.24, 2.45) is 0 Å². The Labute approximate surface area is 177 Å². The number of furan rings is 1. The highest BCUT2D eigenvalue weighted by atomic mass is 16.5. The number of aromatic nitrogens is 1. The van der Waals surface area contributed by atoms with Gasteiger partial charge in [0, 0.05) is 48.0 Å². The molecule has 1 saturated heterocycles. The molecule has 1 fully saturated rings. The summed E-state index contributed by atoms with van der Waals surface area (Å²) in [7, 11) is 0. The second kappa shape index (κ2) is 8.11. The van der Waals surface area contributed by atoms with Gasteiger partial charge in [-0.2, -0.15) is 0 Å². The van der Waals surface area contributed by atoms with Crippen LogP contribution in [0.1, 0.15) is 48.9 Å². The van der Waals surface area contributed by atoms with Crippen LogP contribution in [0.3, 0.4) is 0 Å². The van der Waals surface area contributed by atoms with Crippen molar-refractivity contribution >= 4 is 16.9 Å². The third kappa shape index (κ3) is 4.33. The smallest absolute Gasteiger partial charge is 0.255 e. The number of pyridine rings is 1. The highest BCUT2D eigenvalue weighted by molar-refractivity contribution is 6.07. The molecular formula is C24H29N3O3. The fourth-order valence-electron chi connectivity index (χ4n) is 3.97. The van der Waals surface area contributed by atoms with Gasteiger partial charge in [-0.15, -0.1) is 0 Å². The minimum absolute atomic E-state index is 0.0866. The molecule has 158 valence electrons. The summed E-state index contributed by atoms with van der Waals surface area (Å²) in [5.41, 5.74) is 2.38. The van der Waals surface area contributed by atoms with Crippen molar-refractivity contribution in [1.29, 1.82) is 0 Å². The quantitative estimate of drug-likeness (QED) is 0.682. The monoisotopic (exact) mass is 407 g/mol. The number of carbonyl (C=O) groups is 1. The lowest BCUT2D eigenvalue weighted by molar-refractivity contribution is 0.0932. The molecule has 0 aliphatic carbocycles. The zero-order chi connectivity index (χ0) is 21.3. The maximum Gasteiger partial charge on any atom is 0.255 e. The Bertz CT molecular complexity index is 1040. The van der Waals surface area contributed by atoms with Crippen molar-refractivity contribution in [3.63, 3.8) is 0 Å². The number of amides is 1. The molecule has 1 N–H and O–H groups in total. The van der Waals surface area contributed by atoms with E-state index in [0.29, 0.717) is 29.3 Å². The lowest BCUT2D eigenvalue weighted by Crippen LogP contribution is -2.43. The van der Waals surface area contributed by atoms with Gasteiger partial charge in [0.15, 0.2) is 0 Å². The molecule has 1 aliphatic rings. The van der Waals surface area contributed by atoms with Gasteiger partial charge >= 0.3 is 0 Å². The standard InChI is InChI=1S/C24H29N3O3/c1-16-22(23(28)26-18-9-11-27(14-18)24(2,3)4)20-12-19(7-8-21(20)30-16)29-15-17-6-5-10-25-13-17/h5-8,10,12-13,18H,9,11,14-15H2,1-4H3,(H,26,28)/t18-/m1/s1. The summed E-state index contributed by atoms with van der Waals surface area (Å²) >= 11 is 0. The van der Waals surface area contributed by atoms with Gasteiger partial charge in [0.1, 0.15) is 23.7 Å². The topological polar surface area (TPSA) is 67.6 Å². The zero-order valence-electron chi connectivity index (χ0n) is 18.1. The zero-order valence-corrected chi connectivity index (χ0v) is 18.1. The number of aryl methyl sites for hydroxylation is 1. The first-order valence-corrected chi connectivity index (χ1v) is 10.4. The molecule has 1 aromatic carbocycles. The van der Waals surface area contributed by atoms with Crippen LogP contribution in [0.15, 0.2) is 47.1 Å². The van der Waals surface area contributed by atoms with E-state index in [0.717, 1.165) is 30.5 Å². The lowest BCUT2D eigenvalue weighted by atomic mass is 10.1. The third-order valence-corrected chi connectivity index (χ3v) is 5.66. The van der Waals surface area contributed by atoms with Gasteiger partial charge < -0.3 is 14.5 Å². The predicted molar refractivity (Wildman–Crippen MR) is 117 cm³/mol. The molecule has 1 amide bonds. The summed E-state index contributed by atoms with van der Waals surface area (Å²) in [6.45, 7) is 10.7. The summed E-state index contributed by atoms with van der Waals surface area (Å²) < 4.78 is 11.8. The summed E-state index contributed by atoms with van der Waals surface area (Å²) in [4.78, 5) is 19.6. The minimum Gasteiger partial charge on any atom is -0.489 e. The van der Waals surface area contributed by atoms with Crippen molar-refractivity contribution in [3.05, 3.63) is 59.6 Å². The Balaban J connectivity index is 1.50. The van der Waals surface area contributed by atoms with E-state index in [2.05, 4.69) is 36.0 Å². The summed E-state index contributed by atoms with van der Waals surface area (Å²) in [6, 6.07) is 9.59. The van der Waals surface area contributed by atoms with Crippen LogP contribution in [-0.4, -0.2) is 40.5 Å². The van der Waals surface area contributed by atoms with Crippen LogP contribution in [0.4, 0.5) is 0 Å². The molecule has 0 bridgehead atoms. The van der Waals surface area contributed by atoms with E-state index in [4.69, 9.17) is 9.15 Å². The van der Waals surface area contributed by atoms with Crippen LogP contribution < -0.4 is 10.1 Å². The van der Waals surface area contributed by atoms with Crippen molar-refractivity contribution < 1.29 is 13.9 Å². The average molecular weight is 408 g/mol. The van der Waals surface area contributed by atoms with Crippen molar-refractivity contribution in [2.75, 3.05) is 13.1 Å². The van der Waals surface area contributed by atoms with Crippen LogP contribution in [0, 0.1) is 6.92 Å². The Kier molecular flexibility index (Phi) is 5.52. The second-order valence-corrected chi connectivity index (χ2v) is 8.92. The molecule has 30 heavy (non-hydrogen) atoms. The number of nitrogens with one attached hydrogen (secondary N) is 1. The summed E-state index contributed by atoms with van der Waals surface area (Å²) in [5, 5.41) is 3.98. The van der Waals surface area contributed by atoms with Gasteiger partial charge in [-0.1, -0.05) is 6.07 Å². The number of benzene rings is 1. The Hall–Kier alpha value is -2.86. The van der Waals surface area contributed by atoms with E-state index >= 15 is 0 Å². The first-order chi connectivity index (χ1) is 14.3. The average Bonchev–Trinajstić information content (AvgIpc) is 3.30. The van der Waals surface area contributed by atoms with Gasteiger partial charge in [-0.25, -0.2) is 0 Å². The molecule has 0 saturated carbocycles. The normalized spacial score (nSPS) is 17.4. The van der Waals surface area contributed by atoms with E-state index in [1.54, 1.807) is 12.4 Å². The largest absolute Gasteiger partial charge is 0.489 e. The van der Waals surface area contributed by atoms with E-state index < -0.39 is 0 Å². The van der Waals surface area contributed by atoms with Crippen molar-refractivity contribution in [1.82, 2.24) is 15.2 Å². The number of carbonyl (C=O) groups excluding carboxylic acids is 1. The van der Waals surface area contributed by atoms with Gasteiger partial charge in [0.2, 0.25) is 0 Å². The number of rotatable bonds is 5. The maximum absolute atomic E-state index is 13.1. The number of hydrogen-bond donors (Lipinski definition) is 1. The van der Waals surface area contributed by atoms with Crippen LogP contribution in [0.5, 0.6) is 5.75 Å². The van der Waals surface area contributed by atoms with Crippen molar-refractivity contribution in [2.45, 2.75) is 52.3 Å². The molecule has 0 spiro atoms. The molecule has 0 radical (unpaired) electrons. The fourth-order valence-corrected chi connectivity index (χ4v) is 3.97. The first kappa shape index (κ1) is 20.4. The lowest BCUT2D eigenvalue weighted by Gasteiger charge is -2.31. The minimum atomic E-state index is -0.0866. The molecule has 6 nitrogen and oxygen atoms in total. The number of hydrogen-bond acceptors (Lipinski definition) is 5. The molecule has 3 aromatic rings. The van der Waals surface area contributed by atoms with E-state index in [1.807, 2.05) is 37.3 Å². The molecule has 0 unspecified atom stereocenters. The molecule has 1 aliphatic heterocycles. The van der Waals surface area contributed by atoms with Crippen LogP contribution >= 0.6 is 0 Å². The second-order valence-electron chi connectivity index (χ2n) is 8.92. The van der Waals surface area contributed by atoms with Crippen LogP contribution in [0.2, 0.25) is 0 Å². The number of likely N-dealkylation sites (tertiary alicyclic amines) is 1. The van der Waals surface area contributed by atoms with E-state index in [9.17, 15) is 4.79 Å². The highest BCUT2D eigenvalue weighted by Crippen LogP contribution is 2.30. The molecule has 3 heterocycles. The predicted octanol–water partition coefficient (Wildman–Crippen LogP) is 4.32. The summed E-state index contributed by atoms with van der Waals surface area (Å²) in [6.07, 6.45) is 4.47. The van der Waals surface area contributed by atoms with E-state index in [1.165, 1.54) is 0 Å². The fraction of sp³-hybridized carbons (Fsp3) is 0.417. The van der Waals surface area contributed by atoms with E-state index in [-0.39, 0.29) is 17.5 Å². The van der Waals surface area contributed by atoms with Gasteiger partial charge in [0.25, 0.3) is 5.91 Å². The van der Waals surface area contributed by atoms with Gasteiger partial charge in [0.05, 0.1) is 5.56 Å². The molecular weight excluding hydrogens is 378 g/mol. The Morgan fingerprint density at radius 2 is 2.17 bits per heavy atom. The Morgan fingerprint density at radius 1 is 1.33 bits per heavy atom. The maximum atomic E-state index is 13.1. The third-order valence-electron chi connectivity index (χ3n) is 5.66. The van der Waals surface area contributed by atoms with Crippen LogP contribution in [0.25, 0.3) is 11.0 Å². The highest BCUT2D eigenvalue weighted by Gasteiger charge is 2.32. The first-order valence-electron chi connectivity index (χ1n) is 10.4. The SMILES string of the molecule is Cc1oc2ccc(OCc3cccnc3)cc2c1C(=O)N[C@@H]1CCN(C(C)(C)C)C1. The molecule has 4 rings (SSSR count). The van der Waals surface area contributed by atoms with Gasteiger partial charge in [-0.05, 0) is 58.4 Å². The van der Waals surface area contributed by atoms with Crippen molar-refractivity contribution in [3.8, 4) is 5.75 Å². The van der Waals surface area contributed by atoms with Gasteiger partial charge in [-0.3, -0.25) is 14.7 Å². The molecule has 1 atom stereocenters. The summed E-state index contributed by atoms with van der Waals surface area (Å²) in [5.74, 6) is 1.23. The Morgan fingerprint density at radius 3 is 2.87 bits per heavy atom. The number of fused-ring (bicyclic) bond motifs is 1. The van der Waals surface area contributed by atoms with Crippen LogP contribution in [-0.2, 0) is 6.61 Å². The number of ether oxygens (including phenoxy) is 1. The number of nitrogens with zero attached hydrogens (tertiary/aromatic N) is 2. The molecule has 6 heteroatoms. The molecule has 2 aromatic heterocycles.